The average Bonchev–Trinajstić information content (AvgIpc) is 2.26. The van der Waals surface area contributed by atoms with Crippen LogP contribution in [0.25, 0.3) is 0 Å². The zero-order valence-corrected chi connectivity index (χ0v) is 9.94. The Labute approximate surface area is 96.6 Å². The summed E-state index contributed by atoms with van der Waals surface area (Å²) in [4.78, 5) is 2.17. The first-order valence-electron chi connectivity index (χ1n) is 5.42. The van der Waals surface area contributed by atoms with Crippen molar-refractivity contribution in [3.8, 4) is 11.5 Å². The first kappa shape index (κ1) is 12.8. The largest absolute Gasteiger partial charge is 0.504 e. The fraction of sp³-hybridized carbons (Fsp3) is 0.500. The number of benzene rings is 1. The molecule has 1 rings (SSSR count). The van der Waals surface area contributed by atoms with Crippen molar-refractivity contribution in [3.05, 3.63) is 23.8 Å². The summed E-state index contributed by atoms with van der Waals surface area (Å²) in [6, 6.07) is 5.47. The Kier molecular flexibility index (Phi) is 5.08. The van der Waals surface area contributed by atoms with Gasteiger partial charge in [-0.05, 0) is 44.3 Å². The van der Waals surface area contributed by atoms with E-state index in [-0.39, 0.29) is 5.75 Å². The number of nitrogens with zero attached hydrogens (tertiary/aromatic N) is 1. The number of aromatic hydroxyl groups is 1. The summed E-state index contributed by atoms with van der Waals surface area (Å²) < 4.78 is 4.99. The van der Waals surface area contributed by atoms with Crippen LogP contribution < -0.4 is 10.5 Å². The van der Waals surface area contributed by atoms with Crippen molar-refractivity contribution in [1.82, 2.24) is 4.90 Å². The minimum absolute atomic E-state index is 0.187. The van der Waals surface area contributed by atoms with Gasteiger partial charge in [0.05, 0.1) is 7.11 Å². The third-order valence-electron chi connectivity index (χ3n) is 2.44. The minimum atomic E-state index is 0.187. The van der Waals surface area contributed by atoms with Crippen LogP contribution in [0.5, 0.6) is 11.5 Å². The number of nitrogens with two attached hydrogens (primary N) is 1. The molecule has 1 aromatic rings. The lowest BCUT2D eigenvalue weighted by molar-refractivity contribution is 0.322. The molecule has 16 heavy (non-hydrogen) atoms. The predicted octanol–water partition coefficient (Wildman–Crippen LogP) is 1.18. The monoisotopic (exact) mass is 224 g/mol. The number of hydrogen-bond acceptors (Lipinski definition) is 4. The Morgan fingerprint density at radius 3 is 2.75 bits per heavy atom. The molecule has 4 heteroatoms. The van der Waals surface area contributed by atoms with Crippen molar-refractivity contribution in [3.63, 3.8) is 0 Å². The normalized spacial score (nSPS) is 10.8. The molecular formula is C12H20N2O2. The standard InChI is InChI=1S/C12H20N2O2/c1-14(7-3-6-13)9-10-4-5-12(16-2)11(15)8-10/h4-5,8,15H,3,6-7,9,13H2,1-2H3. The van der Waals surface area contributed by atoms with Crippen molar-refractivity contribution in [2.75, 3.05) is 27.2 Å². The summed E-state index contributed by atoms with van der Waals surface area (Å²) in [5, 5.41) is 9.62. The van der Waals surface area contributed by atoms with Crippen molar-refractivity contribution < 1.29 is 9.84 Å². The van der Waals surface area contributed by atoms with E-state index in [2.05, 4.69) is 4.90 Å². The van der Waals surface area contributed by atoms with Gasteiger partial charge in [-0.15, -0.1) is 0 Å². The summed E-state index contributed by atoms with van der Waals surface area (Å²) in [6.07, 6.45) is 0.985. The highest BCUT2D eigenvalue weighted by Gasteiger charge is 2.04. The van der Waals surface area contributed by atoms with Gasteiger partial charge in [0, 0.05) is 6.54 Å². The lowest BCUT2D eigenvalue weighted by Crippen LogP contribution is -2.21. The number of methoxy groups -OCH3 is 1. The minimum Gasteiger partial charge on any atom is -0.504 e. The second kappa shape index (κ2) is 6.35. The smallest absolute Gasteiger partial charge is 0.160 e. The van der Waals surface area contributed by atoms with Gasteiger partial charge in [0.25, 0.3) is 0 Å². The van der Waals surface area contributed by atoms with Crippen LogP contribution in [-0.2, 0) is 6.54 Å². The molecule has 0 aliphatic heterocycles. The third kappa shape index (κ3) is 3.72. The molecule has 0 spiro atoms. The highest BCUT2D eigenvalue weighted by molar-refractivity contribution is 5.41. The molecule has 0 atom stereocenters. The van der Waals surface area contributed by atoms with E-state index in [1.807, 2.05) is 13.1 Å². The van der Waals surface area contributed by atoms with E-state index in [0.29, 0.717) is 12.3 Å². The molecule has 1 aromatic carbocycles. The number of hydrogen-bond donors (Lipinski definition) is 2. The van der Waals surface area contributed by atoms with E-state index >= 15 is 0 Å². The Bertz CT molecular complexity index is 329. The van der Waals surface area contributed by atoms with Crippen LogP contribution in [0.1, 0.15) is 12.0 Å². The molecule has 0 aliphatic rings. The molecule has 0 radical (unpaired) electrons. The number of rotatable bonds is 6. The van der Waals surface area contributed by atoms with E-state index in [1.54, 1.807) is 19.2 Å². The lowest BCUT2D eigenvalue weighted by Gasteiger charge is -2.16. The molecule has 90 valence electrons. The highest BCUT2D eigenvalue weighted by Crippen LogP contribution is 2.26. The maximum atomic E-state index is 9.62. The Balaban J connectivity index is 2.57. The van der Waals surface area contributed by atoms with E-state index in [1.165, 1.54) is 0 Å². The molecule has 0 heterocycles. The van der Waals surface area contributed by atoms with Crippen LogP contribution in [-0.4, -0.2) is 37.3 Å². The molecule has 0 unspecified atom stereocenters. The summed E-state index contributed by atoms with van der Waals surface area (Å²) in [6.45, 7) is 2.47. The Morgan fingerprint density at radius 1 is 1.44 bits per heavy atom. The first-order chi connectivity index (χ1) is 7.67. The molecule has 0 saturated heterocycles. The molecule has 0 aliphatic carbocycles. The fourth-order valence-corrected chi connectivity index (χ4v) is 1.59. The van der Waals surface area contributed by atoms with Crippen molar-refractivity contribution in [1.29, 1.82) is 0 Å². The van der Waals surface area contributed by atoms with Crippen molar-refractivity contribution in [2.45, 2.75) is 13.0 Å². The molecule has 4 nitrogen and oxygen atoms in total. The molecule has 0 bridgehead atoms. The van der Waals surface area contributed by atoms with E-state index < -0.39 is 0 Å². The van der Waals surface area contributed by atoms with Crippen LogP contribution in [0, 0.1) is 0 Å². The van der Waals surface area contributed by atoms with Gasteiger partial charge in [-0.2, -0.15) is 0 Å². The molecular weight excluding hydrogens is 204 g/mol. The molecule has 0 fully saturated rings. The van der Waals surface area contributed by atoms with Gasteiger partial charge in [0.15, 0.2) is 11.5 Å². The van der Waals surface area contributed by atoms with Crippen LogP contribution in [0.4, 0.5) is 0 Å². The zero-order valence-electron chi connectivity index (χ0n) is 9.94. The maximum Gasteiger partial charge on any atom is 0.160 e. The van der Waals surface area contributed by atoms with Crippen LogP contribution >= 0.6 is 0 Å². The summed E-state index contributed by atoms with van der Waals surface area (Å²) in [5.74, 6) is 0.695. The summed E-state index contributed by atoms with van der Waals surface area (Å²) in [7, 11) is 3.58. The van der Waals surface area contributed by atoms with E-state index in [9.17, 15) is 5.11 Å². The second-order valence-corrected chi connectivity index (χ2v) is 3.89. The lowest BCUT2D eigenvalue weighted by atomic mass is 10.2. The van der Waals surface area contributed by atoms with Gasteiger partial charge in [0.2, 0.25) is 0 Å². The van der Waals surface area contributed by atoms with Gasteiger partial charge in [-0.25, -0.2) is 0 Å². The molecule has 0 saturated carbocycles. The average molecular weight is 224 g/mol. The molecule has 3 N–H and O–H groups in total. The number of ether oxygens (including phenoxy) is 1. The molecule has 0 amide bonds. The predicted molar refractivity (Wildman–Crippen MR) is 64.7 cm³/mol. The summed E-state index contributed by atoms with van der Waals surface area (Å²) >= 11 is 0. The van der Waals surface area contributed by atoms with Gasteiger partial charge < -0.3 is 20.5 Å². The molecule has 0 aromatic heterocycles. The number of phenolic OH excluding ortho intramolecular Hbond substituents is 1. The second-order valence-electron chi connectivity index (χ2n) is 3.89. The third-order valence-corrected chi connectivity index (χ3v) is 2.44. The maximum absolute atomic E-state index is 9.62. The van der Waals surface area contributed by atoms with Gasteiger partial charge in [-0.1, -0.05) is 6.07 Å². The van der Waals surface area contributed by atoms with Gasteiger partial charge in [0.1, 0.15) is 0 Å². The van der Waals surface area contributed by atoms with Crippen molar-refractivity contribution in [2.24, 2.45) is 5.73 Å². The highest BCUT2D eigenvalue weighted by atomic mass is 16.5. The first-order valence-corrected chi connectivity index (χ1v) is 5.42. The van der Waals surface area contributed by atoms with E-state index in [4.69, 9.17) is 10.5 Å². The van der Waals surface area contributed by atoms with Gasteiger partial charge >= 0.3 is 0 Å². The Morgan fingerprint density at radius 2 is 2.19 bits per heavy atom. The number of phenols is 1. The zero-order chi connectivity index (χ0) is 12.0. The van der Waals surface area contributed by atoms with Gasteiger partial charge in [-0.3, -0.25) is 0 Å². The fourth-order valence-electron chi connectivity index (χ4n) is 1.59. The van der Waals surface area contributed by atoms with Crippen molar-refractivity contribution >= 4 is 0 Å². The van der Waals surface area contributed by atoms with E-state index in [0.717, 1.165) is 25.1 Å². The van der Waals surface area contributed by atoms with Crippen LogP contribution in [0.3, 0.4) is 0 Å². The summed E-state index contributed by atoms with van der Waals surface area (Å²) in [5.41, 5.74) is 6.52. The van der Waals surface area contributed by atoms with Crippen LogP contribution in [0.2, 0.25) is 0 Å². The topological polar surface area (TPSA) is 58.7 Å². The Hall–Kier alpha value is -1.26. The quantitative estimate of drug-likeness (QED) is 0.762. The van der Waals surface area contributed by atoms with Crippen LogP contribution in [0.15, 0.2) is 18.2 Å². The SMILES string of the molecule is COc1ccc(CN(C)CCCN)cc1O.